The summed E-state index contributed by atoms with van der Waals surface area (Å²) in [6.07, 6.45) is 0. The van der Waals surface area contributed by atoms with Crippen LogP contribution in [0, 0.1) is 0 Å². The molecule has 0 bridgehead atoms. The van der Waals surface area contributed by atoms with E-state index in [1.165, 1.54) is 7.11 Å². The molecule has 4 nitrogen and oxygen atoms in total. The predicted molar refractivity (Wildman–Crippen MR) is 74.2 cm³/mol. The van der Waals surface area contributed by atoms with Gasteiger partial charge in [0.1, 0.15) is 5.75 Å². The minimum Gasteiger partial charge on any atom is -0.497 e. The van der Waals surface area contributed by atoms with E-state index in [4.69, 9.17) is 15.2 Å². The number of benzene rings is 2. The number of hydrogen-bond acceptors (Lipinski definition) is 4. The van der Waals surface area contributed by atoms with Crippen molar-refractivity contribution in [2.45, 2.75) is 0 Å². The van der Waals surface area contributed by atoms with Crippen molar-refractivity contribution in [2.24, 2.45) is 0 Å². The second kappa shape index (κ2) is 5.44. The van der Waals surface area contributed by atoms with Crippen LogP contribution in [0.25, 0.3) is 11.1 Å². The van der Waals surface area contributed by atoms with Gasteiger partial charge >= 0.3 is 5.97 Å². The third kappa shape index (κ3) is 2.85. The lowest BCUT2D eigenvalue weighted by Gasteiger charge is -2.07. The Kier molecular flexibility index (Phi) is 3.71. The maximum atomic E-state index is 11.6. The van der Waals surface area contributed by atoms with Gasteiger partial charge in [-0.2, -0.15) is 0 Å². The molecule has 0 saturated heterocycles. The summed E-state index contributed by atoms with van der Waals surface area (Å²) >= 11 is 0. The second-order valence-electron chi connectivity index (χ2n) is 4.06. The Balaban J connectivity index is 2.43. The normalized spacial score (nSPS) is 10.0. The summed E-state index contributed by atoms with van der Waals surface area (Å²) in [5, 5.41) is 0. The summed E-state index contributed by atoms with van der Waals surface area (Å²) in [5.74, 6) is 0.378. The van der Waals surface area contributed by atoms with E-state index in [2.05, 4.69) is 0 Å². The Morgan fingerprint density at radius 2 is 1.68 bits per heavy atom. The van der Waals surface area contributed by atoms with Crippen LogP contribution in [-0.4, -0.2) is 20.2 Å². The fourth-order valence-corrected chi connectivity index (χ4v) is 1.84. The standard InChI is InChI=1S/C15H15NO3/c1-18-14-5-3-10(4-6-14)11-7-12(15(17)19-2)9-13(16)8-11/h3-9H,16H2,1-2H3. The lowest BCUT2D eigenvalue weighted by Crippen LogP contribution is -2.02. The van der Waals surface area contributed by atoms with Crippen molar-refractivity contribution >= 4 is 11.7 Å². The highest BCUT2D eigenvalue weighted by molar-refractivity contribution is 5.92. The quantitative estimate of drug-likeness (QED) is 0.678. The Bertz CT molecular complexity index is 591. The van der Waals surface area contributed by atoms with Gasteiger partial charge in [0.25, 0.3) is 0 Å². The number of ether oxygens (including phenoxy) is 2. The Morgan fingerprint density at radius 3 is 2.26 bits per heavy atom. The van der Waals surface area contributed by atoms with E-state index in [1.807, 2.05) is 30.3 Å². The van der Waals surface area contributed by atoms with Crippen LogP contribution in [-0.2, 0) is 4.74 Å². The number of hydrogen-bond donors (Lipinski definition) is 1. The first-order chi connectivity index (χ1) is 9.13. The predicted octanol–water partition coefficient (Wildman–Crippen LogP) is 2.73. The number of esters is 1. The zero-order valence-electron chi connectivity index (χ0n) is 10.8. The lowest BCUT2D eigenvalue weighted by atomic mass is 10.0. The average molecular weight is 257 g/mol. The van der Waals surface area contributed by atoms with Crippen LogP contribution in [0.4, 0.5) is 5.69 Å². The first-order valence-electron chi connectivity index (χ1n) is 5.77. The third-order valence-corrected chi connectivity index (χ3v) is 2.80. The monoisotopic (exact) mass is 257 g/mol. The molecule has 2 rings (SSSR count). The van der Waals surface area contributed by atoms with Crippen molar-refractivity contribution in [2.75, 3.05) is 20.0 Å². The molecule has 0 aliphatic heterocycles. The van der Waals surface area contributed by atoms with Crippen molar-refractivity contribution in [3.8, 4) is 16.9 Å². The fraction of sp³-hybridized carbons (Fsp3) is 0.133. The van der Waals surface area contributed by atoms with Gasteiger partial charge in [-0.05, 0) is 41.5 Å². The molecule has 0 aliphatic carbocycles. The molecule has 2 aromatic carbocycles. The SMILES string of the molecule is COC(=O)c1cc(N)cc(-c2ccc(OC)cc2)c1. The minimum atomic E-state index is -0.401. The molecule has 19 heavy (non-hydrogen) atoms. The summed E-state index contributed by atoms with van der Waals surface area (Å²) < 4.78 is 9.81. The summed E-state index contributed by atoms with van der Waals surface area (Å²) in [7, 11) is 2.96. The van der Waals surface area contributed by atoms with Crippen LogP contribution < -0.4 is 10.5 Å². The van der Waals surface area contributed by atoms with Crippen LogP contribution in [0.15, 0.2) is 42.5 Å². The molecule has 2 N–H and O–H groups in total. The molecule has 0 fully saturated rings. The van der Waals surface area contributed by atoms with Crippen molar-refractivity contribution in [1.29, 1.82) is 0 Å². The Labute approximate surface area is 111 Å². The molecule has 0 amide bonds. The van der Waals surface area contributed by atoms with Crippen molar-refractivity contribution in [3.63, 3.8) is 0 Å². The number of anilines is 1. The van der Waals surface area contributed by atoms with Crippen LogP contribution in [0.5, 0.6) is 5.75 Å². The second-order valence-corrected chi connectivity index (χ2v) is 4.06. The number of carbonyl (C=O) groups excluding carboxylic acids is 1. The maximum Gasteiger partial charge on any atom is 0.337 e. The van der Waals surface area contributed by atoms with E-state index < -0.39 is 5.97 Å². The number of carbonyl (C=O) groups is 1. The number of nitrogen functional groups attached to an aromatic ring is 1. The van der Waals surface area contributed by atoms with Gasteiger partial charge < -0.3 is 15.2 Å². The maximum absolute atomic E-state index is 11.6. The molecular weight excluding hydrogens is 242 g/mol. The molecule has 0 spiro atoms. The van der Waals surface area contributed by atoms with Gasteiger partial charge in [0, 0.05) is 5.69 Å². The fourth-order valence-electron chi connectivity index (χ4n) is 1.84. The molecule has 0 saturated carbocycles. The van der Waals surface area contributed by atoms with Gasteiger partial charge in [-0.3, -0.25) is 0 Å². The highest BCUT2D eigenvalue weighted by atomic mass is 16.5. The molecule has 2 aromatic rings. The topological polar surface area (TPSA) is 61.5 Å². The van der Waals surface area contributed by atoms with E-state index >= 15 is 0 Å². The van der Waals surface area contributed by atoms with Gasteiger partial charge in [-0.25, -0.2) is 4.79 Å². The Hall–Kier alpha value is -2.49. The van der Waals surface area contributed by atoms with Gasteiger partial charge in [0.05, 0.1) is 19.8 Å². The van der Waals surface area contributed by atoms with Gasteiger partial charge in [0.2, 0.25) is 0 Å². The van der Waals surface area contributed by atoms with E-state index in [0.29, 0.717) is 11.3 Å². The first-order valence-corrected chi connectivity index (χ1v) is 5.77. The van der Waals surface area contributed by atoms with Crippen LogP contribution in [0.3, 0.4) is 0 Å². The largest absolute Gasteiger partial charge is 0.497 e. The smallest absolute Gasteiger partial charge is 0.337 e. The van der Waals surface area contributed by atoms with E-state index in [-0.39, 0.29) is 0 Å². The third-order valence-electron chi connectivity index (χ3n) is 2.80. The van der Waals surface area contributed by atoms with Gasteiger partial charge in [0.15, 0.2) is 0 Å². The molecule has 0 aliphatic rings. The Morgan fingerprint density at radius 1 is 1.00 bits per heavy atom. The van der Waals surface area contributed by atoms with E-state index in [0.717, 1.165) is 16.9 Å². The number of nitrogens with two attached hydrogens (primary N) is 1. The molecule has 0 unspecified atom stereocenters. The molecule has 0 heterocycles. The minimum absolute atomic E-state index is 0.401. The van der Waals surface area contributed by atoms with Crippen molar-refractivity contribution in [1.82, 2.24) is 0 Å². The van der Waals surface area contributed by atoms with Crippen LogP contribution in [0.2, 0.25) is 0 Å². The summed E-state index contributed by atoms with van der Waals surface area (Å²) in [6.45, 7) is 0. The van der Waals surface area contributed by atoms with E-state index in [9.17, 15) is 4.79 Å². The highest BCUT2D eigenvalue weighted by Crippen LogP contribution is 2.25. The molecule has 4 heteroatoms. The summed E-state index contributed by atoms with van der Waals surface area (Å²) in [5.41, 5.74) is 8.59. The number of methoxy groups -OCH3 is 2. The summed E-state index contributed by atoms with van der Waals surface area (Å²) in [4.78, 5) is 11.6. The molecule has 0 aromatic heterocycles. The van der Waals surface area contributed by atoms with Crippen molar-refractivity contribution < 1.29 is 14.3 Å². The van der Waals surface area contributed by atoms with E-state index in [1.54, 1.807) is 19.2 Å². The zero-order valence-corrected chi connectivity index (χ0v) is 10.8. The molecule has 0 radical (unpaired) electrons. The van der Waals surface area contributed by atoms with Gasteiger partial charge in [-0.1, -0.05) is 12.1 Å². The molecule has 0 atom stereocenters. The first kappa shape index (κ1) is 13.0. The zero-order chi connectivity index (χ0) is 13.8. The average Bonchev–Trinajstić information content (AvgIpc) is 2.45. The van der Waals surface area contributed by atoms with Crippen molar-refractivity contribution in [3.05, 3.63) is 48.0 Å². The van der Waals surface area contributed by atoms with Gasteiger partial charge in [-0.15, -0.1) is 0 Å². The summed E-state index contributed by atoms with van der Waals surface area (Å²) in [6, 6.07) is 12.7. The lowest BCUT2D eigenvalue weighted by molar-refractivity contribution is 0.0601. The number of rotatable bonds is 3. The van der Waals surface area contributed by atoms with Crippen LogP contribution in [0.1, 0.15) is 10.4 Å². The molecular formula is C15H15NO3. The highest BCUT2D eigenvalue weighted by Gasteiger charge is 2.09. The molecule has 98 valence electrons. The van der Waals surface area contributed by atoms with Crippen LogP contribution >= 0.6 is 0 Å².